The van der Waals surface area contributed by atoms with E-state index in [1.165, 1.54) is 6.07 Å². The fourth-order valence-electron chi connectivity index (χ4n) is 5.93. The van der Waals surface area contributed by atoms with E-state index in [4.69, 9.17) is 4.74 Å². The van der Waals surface area contributed by atoms with Gasteiger partial charge >= 0.3 is 5.97 Å². The van der Waals surface area contributed by atoms with Crippen molar-refractivity contribution < 1.29 is 14.6 Å². The highest BCUT2D eigenvalue weighted by Gasteiger charge is 2.40. The molecule has 0 radical (unpaired) electrons. The molecule has 1 aliphatic heterocycles. The number of carbonyl (C=O) groups is 1. The normalized spacial score (nSPS) is 16.3. The third-order valence-corrected chi connectivity index (χ3v) is 8.09. The number of rotatable bonds is 6. The van der Waals surface area contributed by atoms with E-state index in [1.54, 1.807) is 24.6 Å². The first-order valence-corrected chi connectivity index (χ1v) is 13.5. The number of ether oxygens (including phenoxy) is 1. The molecular weight excluding hydrogens is 506 g/mol. The summed E-state index contributed by atoms with van der Waals surface area (Å²) in [7, 11) is 1.85. The molecule has 0 saturated heterocycles. The Hall–Kier alpha value is -3.98. The van der Waals surface area contributed by atoms with Gasteiger partial charge in [-0.15, -0.1) is 5.10 Å². The minimum Gasteiger partial charge on any atom is -0.485 e. The minimum absolute atomic E-state index is 0.158. The molecule has 0 unspecified atom stereocenters. The molecule has 4 aromatic rings. The zero-order chi connectivity index (χ0) is 29.0. The topological polar surface area (TPSA) is 113 Å². The predicted octanol–water partition coefficient (Wildman–Crippen LogP) is 4.69. The van der Waals surface area contributed by atoms with E-state index in [1.807, 2.05) is 46.0 Å². The van der Waals surface area contributed by atoms with Crippen molar-refractivity contribution in [2.24, 2.45) is 12.5 Å². The lowest BCUT2D eigenvalue weighted by molar-refractivity contribution is -0.147. The first-order chi connectivity index (χ1) is 18.8. The average molecular weight is 544 g/mol. The Kier molecular flexibility index (Phi) is 6.82. The lowest BCUT2D eigenvalue weighted by Crippen LogP contribution is -2.40. The number of fused-ring (bicyclic) bond motifs is 2. The fraction of sp³-hybridized carbons (Fsp3) is 0.419. The maximum Gasteiger partial charge on any atom is 0.310 e. The monoisotopic (exact) mass is 543 g/mol. The SMILES string of the molecule is Cc1ccc([C@@H](c2ccc3c(nnn3C)c2C)C(C)(C)C(=O)O)cc1CN1Cc2[nH]c(=O)ccc2OC(C)(C)C1. The molecule has 2 N–H and O–H groups in total. The van der Waals surface area contributed by atoms with Crippen molar-refractivity contribution in [2.45, 2.75) is 66.2 Å². The molecule has 0 aliphatic carbocycles. The number of benzene rings is 2. The first-order valence-electron chi connectivity index (χ1n) is 13.5. The maximum absolute atomic E-state index is 12.6. The summed E-state index contributed by atoms with van der Waals surface area (Å²) in [5.41, 5.74) is 5.71. The number of nitrogens with one attached hydrogen (secondary N) is 1. The number of aliphatic carboxylic acids is 1. The molecule has 0 saturated carbocycles. The molecule has 0 fully saturated rings. The number of hydrogen-bond donors (Lipinski definition) is 2. The van der Waals surface area contributed by atoms with Crippen LogP contribution in [0, 0.1) is 19.3 Å². The van der Waals surface area contributed by atoms with Gasteiger partial charge < -0.3 is 14.8 Å². The van der Waals surface area contributed by atoms with Crippen LogP contribution in [0.3, 0.4) is 0 Å². The summed E-state index contributed by atoms with van der Waals surface area (Å²) in [6.07, 6.45) is 0. The smallest absolute Gasteiger partial charge is 0.310 e. The van der Waals surface area contributed by atoms with Gasteiger partial charge in [0.05, 0.1) is 16.6 Å². The molecule has 5 rings (SSSR count). The largest absolute Gasteiger partial charge is 0.485 e. The van der Waals surface area contributed by atoms with Gasteiger partial charge in [0.15, 0.2) is 0 Å². The second kappa shape index (κ2) is 9.89. The van der Waals surface area contributed by atoms with Crippen LogP contribution in [-0.4, -0.2) is 48.1 Å². The summed E-state index contributed by atoms with van der Waals surface area (Å²) in [5, 5.41) is 18.9. The number of carboxylic acid groups (broad SMARTS) is 1. The number of H-pyrrole nitrogens is 1. The molecule has 0 bridgehead atoms. The van der Waals surface area contributed by atoms with Crippen LogP contribution >= 0.6 is 0 Å². The maximum atomic E-state index is 12.6. The van der Waals surface area contributed by atoms with Crippen LogP contribution in [0.15, 0.2) is 47.3 Å². The van der Waals surface area contributed by atoms with Gasteiger partial charge in [0, 0.05) is 38.7 Å². The summed E-state index contributed by atoms with van der Waals surface area (Å²) in [6, 6.07) is 13.5. The molecule has 1 atom stereocenters. The second-order valence-electron chi connectivity index (χ2n) is 12.2. The Morgan fingerprint density at radius 2 is 1.93 bits per heavy atom. The molecule has 1 aliphatic rings. The summed E-state index contributed by atoms with van der Waals surface area (Å²) >= 11 is 0. The summed E-state index contributed by atoms with van der Waals surface area (Å²) in [4.78, 5) is 29.9. The summed E-state index contributed by atoms with van der Waals surface area (Å²) in [5.74, 6) is -0.599. The third kappa shape index (κ3) is 5.01. The molecule has 2 aromatic heterocycles. The van der Waals surface area contributed by atoms with Crippen LogP contribution in [0.5, 0.6) is 5.75 Å². The van der Waals surface area contributed by atoms with Crippen molar-refractivity contribution in [3.8, 4) is 5.75 Å². The molecule has 40 heavy (non-hydrogen) atoms. The van der Waals surface area contributed by atoms with E-state index >= 15 is 0 Å². The molecule has 9 heteroatoms. The van der Waals surface area contributed by atoms with E-state index < -0.39 is 22.9 Å². The van der Waals surface area contributed by atoms with Crippen molar-refractivity contribution in [1.29, 1.82) is 0 Å². The van der Waals surface area contributed by atoms with Crippen LogP contribution in [0.2, 0.25) is 0 Å². The van der Waals surface area contributed by atoms with Crippen LogP contribution in [-0.2, 0) is 24.9 Å². The van der Waals surface area contributed by atoms with Gasteiger partial charge in [-0.2, -0.15) is 0 Å². The Balaban J connectivity index is 1.58. The fourth-order valence-corrected chi connectivity index (χ4v) is 5.93. The van der Waals surface area contributed by atoms with E-state index in [0.29, 0.717) is 25.4 Å². The standard InChI is InChI=1S/C31H37N5O4/c1-18-8-9-20(14-21(18)15-36-16-23-25(12-13-26(37)32-23)40-30(3,4)17-36)27(31(5,6)29(38)39)22-10-11-24-28(19(22)2)33-34-35(24)7/h8-14,27H,15-17H2,1-7H3,(H,32,37)(H,38,39)/t27-/m0/s1. The van der Waals surface area contributed by atoms with Crippen LogP contribution in [0.1, 0.15) is 67.1 Å². The predicted molar refractivity (Wildman–Crippen MR) is 154 cm³/mol. The zero-order valence-electron chi connectivity index (χ0n) is 24.2. The van der Waals surface area contributed by atoms with Crippen LogP contribution < -0.4 is 10.3 Å². The van der Waals surface area contributed by atoms with Crippen LogP contribution in [0.25, 0.3) is 11.0 Å². The summed E-state index contributed by atoms with van der Waals surface area (Å²) < 4.78 is 7.98. The van der Waals surface area contributed by atoms with E-state index in [9.17, 15) is 14.7 Å². The molecule has 3 heterocycles. The molecule has 0 spiro atoms. The van der Waals surface area contributed by atoms with Gasteiger partial charge in [0.25, 0.3) is 0 Å². The minimum atomic E-state index is -1.09. The average Bonchev–Trinajstić information content (AvgIpc) is 3.19. The van der Waals surface area contributed by atoms with Gasteiger partial charge in [-0.3, -0.25) is 14.5 Å². The van der Waals surface area contributed by atoms with E-state index in [0.717, 1.165) is 44.5 Å². The third-order valence-electron chi connectivity index (χ3n) is 8.09. The van der Waals surface area contributed by atoms with Gasteiger partial charge in [0.2, 0.25) is 5.56 Å². The highest BCUT2D eigenvalue weighted by molar-refractivity contribution is 5.81. The number of aryl methyl sites for hydroxylation is 3. The lowest BCUT2D eigenvalue weighted by Gasteiger charge is -2.33. The van der Waals surface area contributed by atoms with Crippen molar-refractivity contribution in [2.75, 3.05) is 6.54 Å². The van der Waals surface area contributed by atoms with Crippen molar-refractivity contribution in [1.82, 2.24) is 24.9 Å². The van der Waals surface area contributed by atoms with Crippen molar-refractivity contribution in [3.63, 3.8) is 0 Å². The van der Waals surface area contributed by atoms with E-state index in [-0.39, 0.29) is 5.56 Å². The Labute approximate surface area is 233 Å². The molecule has 0 amide bonds. The molecule has 210 valence electrons. The Morgan fingerprint density at radius 1 is 1.18 bits per heavy atom. The summed E-state index contributed by atoms with van der Waals surface area (Å²) in [6.45, 7) is 13.5. The second-order valence-corrected chi connectivity index (χ2v) is 12.2. The first kappa shape index (κ1) is 27.6. The lowest BCUT2D eigenvalue weighted by atomic mass is 9.69. The number of nitrogens with zero attached hydrogens (tertiary/aromatic N) is 4. The molecule has 2 aromatic carbocycles. The van der Waals surface area contributed by atoms with Crippen molar-refractivity contribution in [3.05, 3.63) is 86.3 Å². The number of hydrogen-bond acceptors (Lipinski definition) is 6. The highest BCUT2D eigenvalue weighted by atomic mass is 16.5. The zero-order valence-corrected chi connectivity index (χ0v) is 24.2. The van der Waals surface area contributed by atoms with Gasteiger partial charge in [0.1, 0.15) is 16.9 Å². The number of aromatic amines is 1. The molecule has 9 nitrogen and oxygen atoms in total. The Bertz CT molecular complexity index is 1670. The van der Waals surface area contributed by atoms with Gasteiger partial charge in [-0.25, -0.2) is 4.68 Å². The van der Waals surface area contributed by atoms with Gasteiger partial charge in [-0.05, 0) is 81.5 Å². The van der Waals surface area contributed by atoms with Crippen molar-refractivity contribution >= 4 is 17.0 Å². The molecular formula is C31H37N5O4. The van der Waals surface area contributed by atoms with Crippen LogP contribution in [0.4, 0.5) is 0 Å². The Morgan fingerprint density at radius 3 is 2.65 bits per heavy atom. The number of carboxylic acids is 1. The quantitative estimate of drug-likeness (QED) is 0.363. The van der Waals surface area contributed by atoms with E-state index in [2.05, 4.69) is 39.3 Å². The highest BCUT2D eigenvalue weighted by Crippen LogP contribution is 2.44. The number of pyridine rings is 1. The van der Waals surface area contributed by atoms with Gasteiger partial charge in [-0.1, -0.05) is 29.5 Å². The number of aromatic nitrogens is 4.